The van der Waals surface area contributed by atoms with E-state index in [2.05, 4.69) is 4.72 Å². The summed E-state index contributed by atoms with van der Waals surface area (Å²) in [6, 6.07) is 6.99. The lowest BCUT2D eigenvalue weighted by Crippen LogP contribution is -2.25. The van der Waals surface area contributed by atoms with Crippen molar-refractivity contribution >= 4 is 34.2 Å². The number of nitrogens with one attached hydrogen (secondary N) is 1. The standard InChI is InChI=1S/C11H18N2O2S2.ClH/c1-16-10-6-2-3-7-11(10)17(14,15)13-9-5-4-8-12;/h2-3,6-7,13H,4-5,8-9,12H2,1H3;1H. The van der Waals surface area contributed by atoms with Gasteiger partial charge in [-0.3, -0.25) is 0 Å². The highest BCUT2D eigenvalue weighted by atomic mass is 35.5. The van der Waals surface area contributed by atoms with Crippen molar-refractivity contribution in [3.63, 3.8) is 0 Å². The summed E-state index contributed by atoms with van der Waals surface area (Å²) in [7, 11) is -3.40. The summed E-state index contributed by atoms with van der Waals surface area (Å²) < 4.78 is 26.6. The van der Waals surface area contributed by atoms with Crippen molar-refractivity contribution in [1.29, 1.82) is 0 Å². The predicted molar refractivity (Wildman–Crippen MR) is 78.9 cm³/mol. The Bertz CT molecular complexity index is 452. The second kappa shape index (κ2) is 8.77. The van der Waals surface area contributed by atoms with Gasteiger partial charge in [-0.15, -0.1) is 24.2 Å². The predicted octanol–water partition coefficient (Wildman–Crippen LogP) is 1.85. The van der Waals surface area contributed by atoms with Gasteiger partial charge in [0.15, 0.2) is 0 Å². The molecule has 0 aliphatic carbocycles. The fourth-order valence-corrected chi connectivity index (χ4v) is 3.62. The normalized spacial score (nSPS) is 11.0. The van der Waals surface area contributed by atoms with Gasteiger partial charge in [0, 0.05) is 11.4 Å². The van der Waals surface area contributed by atoms with Crippen LogP contribution in [-0.2, 0) is 10.0 Å². The zero-order valence-electron chi connectivity index (χ0n) is 10.3. The maximum atomic E-state index is 12.0. The molecule has 104 valence electrons. The average molecular weight is 311 g/mol. The number of nitrogens with two attached hydrogens (primary N) is 1. The van der Waals surface area contributed by atoms with Gasteiger partial charge in [-0.05, 0) is 37.8 Å². The molecule has 7 heteroatoms. The molecule has 0 saturated heterocycles. The van der Waals surface area contributed by atoms with Crippen molar-refractivity contribution in [2.24, 2.45) is 5.73 Å². The van der Waals surface area contributed by atoms with E-state index in [4.69, 9.17) is 5.73 Å². The van der Waals surface area contributed by atoms with E-state index >= 15 is 0 Å². The largest absolute Gasteiger partial charge is 0.330 e. The third-order valence-corrected chi connectivity index (χ3v) is 4.73. The SMILES string of the molecule is CSc1ccccc1S(=O)(=O)NCCCCN.Cl. The molecule has 18 heavy (non-hydrogen) atoms. The monoisotopic (exact) mass is 310 g/mol. The first kappa shape index (κ1) is 17.7. The molecular weight excluding hydrogens is 292 g/mol. The van der Waals surface area contributed by atoms with E-state index in [1.807, 2.05) is 12.3 Å². The van der Waals surface area contributed by atoms with Crippen LogP contribution in [0.2, 0.25) is 0 Å². The zero-order valence-corrected chi connectivity index (χ0v) is 12.7. The molecule has 1 rings (SSSR count). The van der Waals surface area contributed by atoms with E-state index in [9.17, 15) is 8.42 Å². The highest BCUT2D eigenvalue weighted by molar-refractivity contribution is 7.99. The Kier molecular flexibility index (Phi) is 8.64. The van der Waals surface area contributed by atoms with Gasteiger partial charge in [-0.25, -0.2) is 13.1 Å². The number of unbranched alkanes of at least 4 members (excludes halogenated alkanes) is 1. The van der Waals surface area contributed by atoms with Gasteiger partial charge < -0.3 is 5.73 Å². The summed E-state index contributed by atoms with van der Waals surface area (Å²) in [4.78, 5) is 1.11. The maximum absolute atomic E-state index is 12.0. The fourth-order valence-electron chi connectivity index (χ4n) is 1.39. The first-order chi connectivity index (χ1) is 8.11. The number of rotatable bonds is 7. The quantitative estimate of drug-likeness (QED) is 0.595. The number of halogens is 1. The van der Waals surface area contributed by atoms with Gasteiger partial charge in [0.2, 0.25) is 10.0 Å². The van der Waals surface area contributed by atoms with Crippen molar-refractivity contribution in [1.82, 2.24) is 4.72 Å². The second-order valence-electron chi connectivity index (χ2n) is 3.54. The molecule has 0 radical (unpaired) electrons. The number of hydrogen-bond acceptors (Lipinski definition) is 4. The first-order valence-electron chi connectivity index (χ1n) is 5.44. The smallest absolute Gasteiger partial charge is 0.241 e. The van der Waals surface area contributed by atoms with E-state index in [1.54, 1.807) is 18.2 Å². The molecule has 0 saturated carbocycles. The van der Waals surface area contributed by atoms with Gasteiger partial charge in [-0.2, -0.15) is 0 Å². The van der Waals surface area contributed by atoms with Crippen molar-refractivity contribution in [3.8, 4) is 0 Å². The molecule has 0 aliphatic rings. The molecule has 1 aromatic rings. The Labute approximate surface area is 119 Å². The van der Waals surface area contributed by atoms with Crippen LogP contribution in [0.3, 0.4) is 0 Å². The van der Waals surface area contributed by atoms with Crippen LogP contribution in [-0.4, -0.2) is 27.8 Å². The molecule has 1 aromatic carbocycles. The van der Waals surface area contributed by atoms with Crippen molar-refractivity contribution in [3.05, 3.63) is 24.3 Å². The summed E-state index contributed by atoms with van der Waals surface area (Å²) in [5.41, 5.74) is 5.35. The van der Waals surface area contributed by atoms with E-state index in [0.29, 0.717) is 18.0 Å². The number of sulfonamides is 1. The molecule has 0 aromatic heterocycles. The summed E-state index contributed by atoms with van der Waals surface area (Å²) >= 11 is 1.43. The van der Waals surface area contributed by atoms with E-state index in [1.165, 1.54) is 11.8 Å². The molecule has 0 amide bonds. The number of benzene rings is 1. The minimum absolute atomic E-state index is 0. The molecule has 0 fully saturated rings. The van der Waals surface area contributed by atoms with Crippen LogP contribution in [0.15, 0.2) is 34.1 Å². The molecule has 0 unspecified atom stereocenters. The minimum atomic E-state index is -3.40. The van der Waals surface area contributed by atoms with Crippen LogP contribution in [0.25, 0.3) is 0 Å². The minimum Gasteiger partial charge on any atom is -0.330 e. The van der Waals surface area contributed by atoms with Crippen LogP contribution in [0.4, 0.5) is 0 Å². The third-order valence-electron chi connectivity index (χ3n) is 2.28. The summed E-state index contributed by atoms with van der Waals surface area (Å²) in [6.07, 6.45) is 3.45. The highest BCUT2D eigenvalue weighted by Crippen LogP contribution is 2.23. The van der Waals surface area contributed by atoms with Crippen LogP contribution in [0.1, 0.15) is 12.8 Å². The summed E-state index contributed by atoms with van der Waals surface area (Å²) in [5, 5.41) is 0. The Morgan fingerprint density at radius 3 is 2.56 bits per heavy atom. The molecule has 0 bridgehead atoms. The molecular formula is C11H19ClN2O2S2. The molecule has 0 spiro atoms. The Balaban J connectivity index is 0.00000289. The van der Waals surface area contributed by atoms with Gasteiger partial charge in [0.1, 0.15) is 0 Å². The highest BCUT2D eigenvalue weighted by Gasteiger charge is 2.16. The molecule has 3 N–H and O–H groups in total. The summed E-state index contributed by atoms with van der Waals surface area (Å²) in [5.74, 6) is 0. The van der Waals surface area contributed by atoms with Gasteiger partial charge in [0.25, 0.3) is 0 Å². The van der Waals surface area contributed by atoms with Crippen LogP contribution in [0.5, 0.6) is 0 Å². The second-order valence-corrected chi connectivity index (χ2v) is 6.13. The lowest BCUT2D eigenvalue weighted by Gasteiger charge is -2.09. The van der Waals surface area contributed by atoms with Crippen molar-refractivity contribution in [2.75, 3.05) is 19.3 Å². The lowest BCUT2D eigenvalue weighted by atomic mass is 10.3. The number of thioether (sulfide) groups is 1. The lowest BCUT2D eigenvalue weighted by molar-refractivity contribution is 0.575. The van der Waals surface area contributed by atoms with Gasteiger partial charge in [-0.1, -0.05) is 12.1 Å². The topological polar surface area (TPSA) is 72.2 Å². The van der Waals surface area contributed by atoms with E-state index in [0.717, 1.165) is 17.7 Å². The molecule has 0 atom stereocenters. The van der Waals surface area contributed by atoms with Crippen LogP contribution >= 0.6 is 24.2 Å². The Hall–Kier alpha value is -0.270. The Morgan fingerprint density at radius 1 is 1.28 bits per heavy atom. The Morgan fingerprint density at radius 2 is 1.94 bits per heavy atom. The fraction of sp³-hybridized carbons (Fsp3) is 0.455. The van der Waals surface area contributed by atoms with Crippen molar-refractivity contribution in [2.45, 2.75) is 22.6 Å². The van der Waals surface area contributed by atoms with E-state index < -0.39 is 10.0 Å². The first-order valence-corrected chi connectivity index (χ1v) is 8.15. The third kappa shape index (κ3) is 5.16. The number of hydrogen-bond donors (Lipinski definition) is 2. The van der Waals surface area contributed by atoms with Gasteiger partial charge >= 0.3 is 0 Å². The zero-order chi connectivity index (χ0) is 12.7. The van der Waals surface area contributed by atoms with E-state index in [-0.39, 0.29) is 12.4 Å². The van der Waals surface area contributed by atoms with Crippen LogP contribution in [0, 0.1) is 0 Å². The van der Waals surface area contributed by atoms with Gasteiger partial charge in [0.05, 0.1) is 4.90 Å². The maximum Gasteiger partial charge on any atom is 0.241 e. The molecule has 4 nitrogen and oxygen atoms in total. The summed E-state index contributed by atoms with van der Waals surface area (Å²) in [6.45, 7) is 1.02. The van der Waals surface area contributed by atoms with Crippen molar-refractivity contribution < 1.29 is 8.42 Å². The van der Waals surface area contributed by atoms with Crippen LogP contribution < -0.4 is 10.5 Å². The molecule has 0 heterocycles. The average Bonchev–Trinajstić information content (AvgIpc) is 2.34. The molecule has 0 aliphatic heterocycles.